The first-order valence-electron chi connectivity index (χ1n) is 5.03. The van der Waals surface area contributed by atoms with E-state index in [1.807, 2.05) is 0 Å². The number of hydrogen-bond acceptors (Lipinski definition) is 4. The molecule has 5 heteroatoms. The molecule has 17 heavy (non-hydrogen) atoms. The van der Waals surface area contributed by atoms with Crippen molar-refractivity contribution in [2.45, 2.75) is 6.10 Å². The SMILES string of the molecule is Nc1ccccc1C(O)c1cc(Cl)cnc1N. The lowest BCUT2D eigenvalue weighted by Gasteiger charge is -2.15. The molecule has 1 aromatic heterocycles. The van der Waals surface area contributed by atoms with E-state index < -0.39 is 6.10 Å². The molecule has 5 N–H and O–H groups in total. The Morgan fingerprint density at radius 3 is 2.59 bits per heavy atom. The normalized spacial score (nSPS) is 12.4. The van der Waals surface area contributed by atoms with Crippen LogP contribution in [0, 0.1) is 0 Å². The first-order valence-corrected chi connectivity index (χ1v) is 5.41. The van der Waals surface area contributed by atoms with Crippen molar-refractivity contribution in [1.29, 1.82) is 0 Å². The molecule has 1 atom stereocenters. The van der Waals surface area contributed by atoms with Gasteiger partial charge in [0.1, 0.15) is 11.9 Å². The predicted octanol–water partition coefficient (Wildman–Crippen LogP) is 1.98. The Bertz CT molecular complexity index is 545. The molecule has 0 saturated heterocycles. The van der Waals surface area contributed by atoms with E-state index in [0.717, 1.165) is 0 Å². The number of nitrogens with zero attached hydrogens (tertiary/aromatic N) is 1. The Morgan fingerprint density at radius 1 is 1.18 bits per heavy atom. The van der Waals surface area contributed by atoms with Gasteiger partial charge in [-0.25, -0.2) is 4.98 Å². The van der Waals surface area contributed by atoms with E-state index in [4.69, 9.17) is 23.1 Å². The van der Waals surface area contributed by atoms with Crippen LogP contribution in [0.4, 0.5) is 11.5 Å². The molecule has 0 spiro atoms. The largest absolute Gasteiger partial charge is 0.398 e. The van der Waals surface area contributed by atoms with Gasteiger partial charge in [-0.05, 0) is 12.1 Å². The van der Waals surface area contributed by atoms with Crippen molar-refractivity contribution in [1.82, 2.24) is 4.98 Å². The van der Waals surface area contributed by atoms with Crippen LogP contribution in [0.5, 0.6) is 0 Å². The van der Waals surface area contributed by atoms with Crippen molar-refractivity contribution >= 4 is 23.1 Å². The third kappa shape index (κ3) is 2.33. The third-order valence-corrected chi connectivity index (χ3v) is 2.71. The first-order chi connectivity index (χ1) is 8.09. The van der Waals surface area contributed by atoms with Gasteiger partial charge < -0.3 is 16.6 Å². The fourth-order valence-corrected chi connectivity index (χ4v) is 1.78. The number of aliphatic hydroxyl groups excluding tert-OH is 1. The summed E-state index contributed by atoms with van der Waals surface area (Å²) in [7, 11) is 0. The van der Waals surface area contributed by atoms with Crippen LogP contribution >= 0.6 is 11.6 Å². The van der Waals surface area contributed by atoms with Gasteiger partial charge in [0.2, 0.25) is 0 Å². The van der Waals surface area contributed by atoms with Gasteiger partial charge in [-0.15, -0.1) is 0 Å². The molecule has 2 aromatic rings. The van der Waals surface area contributed by atoms with Crippen molar-refractivity contribution < 1.29 is 5.11 Å². The number of hydrogen-bond donors (Lipinski definition) is 3. The molecule has 0 saturated carbocycles. The molecule has 0 radical (unpaired) electrons. The molecule has 0 aliphatic rings. The highest BCUT2D eigenvalue weighted by Crippen LogP contribution is 2.30. The van der Waals surface area contributed by atoms with E-state index in [0.29, 0.717) is 21.8 Å². The van der Waals surface area contributed by atoms with Crippen molar-refractivity contribution in [3.8, 4) is 0 Å². The van der Waals surface area contributed by atoms with Gasteiger partial charge in [0, 0.05) is 23.0 Å². The van der Waals surface area contributed by atoms with Crippen molar-refractivity contribution in [3.05, 3.63) is 52.7 Å². The molecule has 0 aliphatic carbocycles. The van der Waals surface area contributed by atoms with Gasteiger partial charge >= 0.3 is 0 Å². The van der Waals surface area contributed by atoms with E-state index in [-0.39, 0.29) is 5.82 Å². The summed E-state index contributed by atoms with van der Waals surface area (Å²) in [5.74, 6) is 0.241. The second-order valence-corrected chi connectivity index (χ2v) is 4.10. The number of aromatic nitrogens is 1. The number of para-hydroxylation sites is 1. The Morgan fingerprint density at radius 2 is 1.88 bits per heavy atom. The second-order valence-electron chi connectivity index (χ2n) is 3.66. The molecule has 4 nitrogen and oxygen atoms in total. The fourth-order valence-electron chi connectivity index (χ4n) is 1.61. The minimum Gasteiger partial charge on any atom is -0.398 e. The van der Waals surface area contributed by atoms with E-state index in [1.54, 1.807) is 30.3 Å². The maximum Gasteiger partial charge on any atom is 0.129 e. The Labute approximate surface area is 104 Å². The summed E-state index contributed by atoms with van der Waals surface area (Å²) in [5, 5.41) is 10.6. The zero-order chi connectivity index (χ0) is 12.4. The highest BCUT2D eigenvalue weighted by atomic mass is 35.5. The molecule has 0 fully saturated rings. The van der Waals surface area contributed by atoms with E-state index in [2.05, 4.69) is 4.98 Å². The number of nitrogen functional groups attached to an aromatic ring is 2. The molecule has 0 bridgehead atoms. The van der Waals surface area contributed by atoms with Crippen LogP contribution in [0.1, 0.15) is 17.2 Å². The van der Waals surface area contributed by atoms with Crippen LogP contribution in [-0.2, 0) is 0 Å². The van der Waals surface area contributed by atoms with Crippen molar-refractivity contribution in [3.63, 3.8) is 0 Å². The van der Waals surface area contributed by atoms with Gasteiger partial charge in [0.25, 0.3) is 0 Å². The number of anilines is 2. The fraction of sp³-hybridized carbons (Fsp3) is 0.0833. The minimum absolute atomic E-state index is 0.241. The molecule has 1 unspecified atom stereocenters. The molecule has 2 rings (SSSR count). The number of pyridine rings is 1. The summed E-state index contributed by atoms with van der Waals surface area (Å²) < 4.78 is 0. The van der Waals surface area contributed by atoms with Crippen LogP contribution in [0.25, 0.3) is 0 Å². The number of rotatable bonds is 2. The van der Waals surface area contributed by atoms with Crippen LogP contribution < -0.4 is 11.5 Å². The standard InChI is InChI=1S/C12H12ClN3O/c13-7-5-9(12(15)16-6-7)11(17)8-3-1-2-4-10(8)14/h1-6,11,17H,14H2,(H2,15,16). The zero-order valence-corrected chi connectivity index (χ0v) is 9.72. The monoisotopic (exact) mass is 249 g/mol. The number of benzene rings is 1. The second kappa shape index (κ2) is 4.61. The summed E-state index contributed by atoms with van der Waals surface area (Å²) in [6.45, 7) is 0. The van der Waals surface area contributed by atoms with E-state index in [1.165, 1.54) is 6.20 Å². The Kier molecular flexibility index (Phi) is 3.17. The maximum absolute atomic E-state index is 10.2. The van der Waals surface area contributed by atoms with Gasteiger partial charge in [-0.1, -0.05) is 29.8 Å². The van der Waals surface area contributed by atoms with Gasteiger partial charge in [0.05, 0.1) is 5.02 Å². The topological polar surface area (TPSA) is 85.2 Å². The molecule has 0 aliphatic heterocycles. The van der Waals surface area contributed by atoms with Crippen molar-refractivity contribution in [2.75, 3.05) is 11.5 Å². The van der Waals surface area contributed by atoms with Crippen LogP contribution in [0.3, 0.4) is 0 Å². The highest BCUT2D eigenvalue weighted by molar-refractivity contribution is 6.30. The number of halogens is 1. The number of aliphatic hydroxyl groups is 1. The van der Waals surface area contributed by atoms with Crippen LogP contribution in [-0.4, -0.2) is 10.1 Å². The van der Waals surface area contributed by atoms with E-state index >= 15 is 0 Å². The zero-order valence-electron chi connectivity index (χ0n) is 8.97. The summed E-state index contributed by atoms with van der Waals surface area (Å²) in [4.78, 5) is 3.90. The molecule has 1 aromatic carbocycles. The van der Waals surface area contributed by atoms with Crippen molar-refractivity contribution in [2.24, 2.45) is 0 Å². The van der Waals surface area contributed by atoms with Gasteiger partial charge in [-0.3, -0.25) is 0 Å². The average Bonchev–Trinajstić information content (AvgIpc) is 2.32. The average molecular weight is 250 g/mol. The lowest BCUT2D eigenvalue weighted by Crippen LogP contribution is -2.07. The maximum atomic E-state index is 10.2. The third-order valence-electron chi connectivity index (χ3n) is 2.50. The Hall–Kier alpha value is -1.78. The van der Waals surface area contributed by atoms with Crippen LogP contribution in [0.15, 0.2) is 36.5 Å². The smallest absolute Gasteiger partial charge is 0.129 e. The summed E-state index contributed by atoms with van der Waals surface area (Å²) in [6, 6.07) is 8.63. The lowest BCUT2D eigenvalue weighted by atomic mass is 10.0. The summed E-state index contributed by atoms with van der Waals surface area (Å²) in [5.41, 5.74) is 13.0. The molecule has 88 valence electrons. The predicted molar refractivity (Wildman–Crippen MR) is 68.6 cm³/mol. The molecule has 0 amide bonds. The van der Waals surface area contributed by atoms with E-state index in [9.17, 15) is 5.11 Å². The van der Waals surface area contributed by atoms with Gasteiger partial charge in [0.15, 0.2) is 0 Å². The highest BCUT2D eigenvalue weighted by Gasteiger charge is 2.16. The number of nitrogens with two attached hydrogens (primary N) is 2. The first kappa shape index (κ1) is 11.7. The lowest BCUT2D eigenvalue weighted by molar-refractivity contribution is 0.221. The quantitative estimate of drug-likeness (QED) is 0.711. The van der Waals surface area contributed by atoms with Crippen LogP contribution in [0.2, 0.25) is 5.02 Å². The molecular formula is C12H12ClN3O. The summed E-state index contributed by atoms with van der Waals surface area (Å²) in [6.07, 6.45) is 0.504. The summed E-state index contributed by atoms with van der Waals surface area (Å²) >= 11 is 5.83. The Balaban J connectivity index is 2.47. The molecular weight excluding hydrogens is 238 g/mol. The minimum atomic E-state index is -0.928. The van der Waals surface area contributed by atoms with Gasteiger partial charge in [-0.2, -0.15) is 0 Å². The molecule has 1 heterocycles.